The normalized spacial score (nSPS) is 15.6. The Morgan fingerprint density at radius 2 is 2.03 bits per heavy atom. The highest BCUT2D eigenvalue weighted by atomic mass is 16.5. The Morgan fingerprint density at radius 1 is 1.17 bits per heavy atom. The number of hydrogen-bond donors (Lipinski definition) is 1. The molecule has 1 aliphatic heterocycles. The van der Waals surface area contributed by atoms with E-state index in [2.05, 4.69) is 9.88 Å². The molecule has 1 aliphatic rings. The summed E-state index contributed by atoms with van der Waals surface area (Å²) in [6, 6.07) is 11.1. The zero-order chi connectivity index (χ0) is 20.1. The van der Waals surface area contributed by atoms with Crippen molar-refractivity contribution in [2.75, 3.05) is 32.8 Å². The maximum atomic E-state index is 12.0. The zero-order valence-corrected chi connectivity index (χ0v) is 16.5. The van der Waals surface area contributed by atoms with Crippen molar-refractivity contribution in [1.82, 2.24) is 9.88 Å². The van der Waals surface area contributed by atoms with Crippen molar-refractivity contribution >= 4 is 11.0 Å². The molecule has 0 radical (unpaired) electrons. The van der Waals surface area contributed by atoms with E-state index >= 15 is 0 Å². The monoisotopic (exact) mass is 393 g/mol. The summed E-state index contributed by atoms with van der Waals surface area (Å²) < 4.78 is 11.4. The van der Waals surface area contributed by atoms with E-state index in [4.69, 9.17) is 14.9 Å². The van der Waals surface area contributed by atoms with Crippen molar-refractivity contribution in [2.24, 2.45) is 11.7 Å². The average Bonchev–Trinajstić information content (AvgIpc) is 2.77. The number of nitrogens with zero attached hydrogens (tertiary/aromatic N) is 2. The van der Waals surface area contributed by atoms with Gasteiger partial charge in [0.05, 0.1) is 18.1 Å². The molecule has 0 unspecified atom stereocenters. The van der Waals surface area contributed by atoms with Gasteiger partial charge in [-0.1, -0.05) is 12.1 Å². The van der Waals surface area contributed by atoms with Crippen LogP contribution in [0.2, 0.25) is 0 Å². The number of likely N-dealkylation sites (tertiary alicyclic amines) is 1. The van der Waals surface area contributed by atoms with E-state index in [0.717, 1.165) is 49.1 Å². The number of fused-ring (bicyclic) bond motifs is 1. The van der Waals surface area contributed by atoms with E-state index in [1.54, 1.807) is 12.4 Å². The van der Waals surface area contributed by atoms with Gasteiger partial charge in [-0.2, -0.15) is 0 Å². The Kier molecular flexibility index (Phi) is 6.22. The third kappa shape index (κ3) is 4.83. The number of rotatable bonds is 7. The molecule has 0 bridgehead atoms. The molecule has 3 heterocycles. The maximum Gasteiger partial charge on any atom is 0.339 e. The number of pyridine rings is 1. The van der Waals surface area contributed by atoms with Crippen molar-refractivity contribution < 1.29 is 9.15 Å². The van der Waals surface area contributed by atoms with Gasteiger partial charge in [0, 0.05) is 24.5 Å². The standard InChI is InChI=1S/C23H27N3O3/c24-15-17-6-10-26(11-7-17)9-2-12-28-21-14-23(27)29-22-13-18(4-5-20(21)22)19-3-1-8-25-16-19/h1,3-5,8,13-14,16-17H,2,6-7,9-12,15,24H2. The molecule has 4 rings (SSSR count). The molecule has 0 atom stereocenters. The third-order valence-electron chi connectivity index (χ3n) is 5.62. The van der Waals surface area contributed by atoms with Gasteiger partial charge < -0.3 is 19.8 Å². The van der Waals surface area contributed by atoms with E-state index in [1.165, 1.54) is 18.9 Å². The average molecular weight is 393 g/mol. The minimum absolute atomic E-state index is 0.403. The molecular weight excluding hydrogens is 366 g/mol. The second-order valence-electron chi connectivity index (χ2n) is 7.61. The number of benzene rings is 1. The van der Waals surface area contributed by atoms with Gasteiger partial charge in [0.25, 0.3) is 0 Å². The maximum absolute atomic E-state index is 12.0. The summed E-state index contributed by atoms with van der Waals surface area (Å²) in [5.41, 5.74) is 7.81. The molecule has 1 fully saturated rings. The van der Waals surface area contributed by atoms with E-state index < -0.39 is 5.63 Å². The second-order valence-corrected chi connectivity index (χ2v) is 7.61. The van der Waals surface area contributed by atoms with Crippen molar-refractivity contribution in [1.29, 1.82) is 0 Å². The predicted octanol–water partition coefficient (Wildman–Crippen LogP) is 3.29. The van der Waals surface area contributed by atoms with Crippen LogP contribution in [-0.2, 0) is 0 Å². The first kappa shape index (κ1) is 19.6. The molecule has 6 heteroatoms. The molecule has 0 saturated carbocycles. The number of ether oxygens (including phenoxy) is 1. The Balaban J connectivity index is 1.40. The molecule has 3 aromatic rings. The highest BCUT2D eigenvalue weighted by Crippen LogP contribution is 2.28. The first-order valence-corrected chi connectivity index (χ1v) is 10.3. The van der Waals surface area contributed by atoms with Crippen LogP contribution in [0.25, 0.3) is 22.1 Å². The van der Waals surface area contributed by atoms with Crippen LogP contribution in [0.5, 0.6) is 5.75 Å². The second kappa shape index (κ2) is 9.20. The van der Waals surface area contributed by atoms with Crippen molar-refractivity contribution in [2.45, 2.75) is 19.3 Å². The van der Waals surface area contributed by atoms with Crippen LogP contribution in [-0.4, -0.2) is 42.7 Å². The van der Waals surface area contributed by atoms with Crippen molar-refractivity contribution in [3.05, 3.63) is 59.2 Å². The Morgan fingerprint density at radius 3 is 2.79 bits per heavy atom. The van der Waals surface area contributed by atoms with Crippen LogP contribution in [0.3, 0.4) is 0 Å². The van der Waals surface area contributed by atoms with Crippen molar-refractivity contribution in [3.63, 3.8) is 0 Å². The molecular formula is C23H27N3O3. The SMILES string of the molecule is NCC1CCN(CCCOc2cc(=O)oc3cc(-c4cccnc4)ccc23)CC1. The van der Waals surface area contributed by atoms with Crippen LogP contribution in [0.4, 0.5) is 0 Å². The molecule has 1 aromatic carbocycles. The quantitative estimate of drug-likeness (QED) is 0.490. The van der Waals surface area contributed by atoms with Gasteiger partial charge in [0.1, 0.15) is 11.3 Å². The Bertz CT molecular complexity index is 995. The van der Waals surface area contributed by atoms with Crippen LogP contribution in [0, 0.1) is 5.92 Å². The molecule has 0 spiro atoms. The van der Waals surface area contributed by atoms with Crippen molar-refractivity contribution in [3.8, 4) is 16.9 Å². The van der Waals surface area contributed by atoms with Crippen LogP contribution >= 0.6 is 0 Å². The summed E-state index contributed by atoms with van der Waals surface area (Å²) in [4.78, 5) is 18.6. The Hall–Kier alpha value is -2.70. The fourth-order valence-electron chi connectivity index (χ4n) is 3.88. The van der Waals surface area contributed by atoms with Gasteiger partial charge >= 0.3 is 5.63 Å². The minimum atomic E-state index is -0.403. The largest absolute Gasteiger partial charge is 0.492 e. The first-order valence-electron chi connectivity index (χ1n) is 10.3. The summed E-state index contributed by atoms with van der Waals surface area (Å²) in [5.74, 6) is 1.25. The molecule has 6 nitrogen and oxygen atoms in total. The van der Waals surface area contributed by atoms with Gasteiger partial charge in [0.15, 0.2) is 0 Å². The van der Waals surface area contributed by atoms with Gasteiger partial charge in [-0.15, -0.1) is 0 Å². The Labute approximate surface area is 170 Å². The highest BCUT2D eigenvalue weighted by molar-refractivity contribution is 5.87. The third-order valence-corrected chi connectivity index (χ3v) is 5.62. The van der Waals surface area contributed by atoms with Crippen LogP contribution < -0.4 is 16.1 Å². The van der Waals surface area contributed by atoms with Gasteiger partial charge in [-0.25, -0.2) is 4.79 Å². The lowest BCUT2D eigenvalue weighted by Crippen LogP contribution is -2.37. The fourth-order valence-corrected chi connectivity index (χ4v) is 3.88. The lowest BCUT2D eigenvalue weighted by Gasteiger charge is -2.31. The predicted molar refractivity (Wildman–Crippen MR) is 114 cm³/mol. The van der Waals surface area contributed by atoms with Crippen LogP contribution in [0.15, 0.2) is 58.0 Å². The summed E-state index contributed by atoms with van der Waals surface area (Å²) in [6.45, 7) is 4.58. The van der Waals surface area contributed by atoms with Gasteiger partial charge in [-0.3, -0.25) is 4.98 Å². The molecule has 2 aromatic heterocycles. The molecule has 29 heavy (non-hydrogen) atoms. The van der Waals surface area contributed by atoms with Crippen LogP contribution in [0.1, 0.15) is 19.3 Å². The zero-order valence-electron chi connectivity index (χ0n) is 16.5. The van der Waals surface area contributed by atoms with E-state index in [9.17, 15) is 4.79 Å². The molecule has 152 valence electrons. The first-order chi connectivity index (χ1) is 14.2. The van der Waals surface area contributed by atoms with Gasteiger partial charge in [0.2, 0.25) is 0 Å². The minimum Gasteiger partial charge on any atom is -0.492 e. The summed E-state index contributed by atoms with van der Waals surface area (Å²) in [7, 11) is 0. The number of piperidine rings is 1. The van der Waals surface area contributed by atoms with Gasteiger partial charge in [-0.05, 0) is 68.6 Å². The highest BCUT2D eigenvalue weighted by Gasteiger charge is 2.17. The topological polar surface area (TPSA) is 81.6 Å². The lowest BCUT2D eigenvalue weighted by molar-refractivity contribution is 0.173. The lowest BCUT2D eigenvalue weighted by atomic mass is 9.97. The fraction of sp³-hybridized carbons (Fsp3) is 0.391. The molecule has 1 saturated heterocycles. The van der Waals surface area contributed by atoms with E-state index in [-0.39, 0.29) is 0 Å². The molecule has 2 N–H and O–H groups in total. The number of nitrogens with two attached hydrogens (primary N) is 1. The summed E-state index contributed by atoms with van der Waals surface area (Å²) in [5, 5.41) is 0.806. The summed E-state index contributed by atoms with van der Waals surface area (Å²) in [6.07, 6.45) is 6.80. The van der Waals surface area contributed by atoms with E-state index in [1.807, 2.05) is 30.3 Å². The number of aromatic nitrogens is 1. The van der Waals surface area contributed by atoms with E-state index in [0.29, 0.717) is 23.9 Å². The number of hydrogen-bond acceptors (Lipinski definition) is 6. The smallest absolute Gasteiger partial charge is 0.339 e. The molecule has 0 aliphatic carbocycles. The summed E-state index contributed by atoms with van der Waals surface area (Å²) >= 11 is 0. The molecule has 0 amide bonds.